The van der Waals surface area contributed by atoms with Crippen molar-refractivity contribution in [3.63, 3.8) is 0 Å². The van der Waals surface area contributed by atoms with E-state index in [4.69, 9.17) is 0 Å². The van der Waals surface area contributed by atoms with Crippen LogP contribution in [0.1, 0.15) is 19.8 Å². The lowest BCUT2D eigenvalue weighted by molar-refractivity contribution is -0.259. The molecule has 0 aliphatic rings. The van der Waals surface area contributed by atoms with Gasteiger partial charge in [-0.05, 0) is 6.42 Å². The Kier molecular flexibility index (Phi) is 6.45. The molecule has 0 amide bonds. The molecule has 0 radical (unpaired) electrons. The van der Waals surface area contributed by atoms with E-state index < -0.39 is 41.7 Å². The van der Waals surface area contributed by atoms with Crippen LogP contribution in [0.25, 0.3) is 0 Å². The van der Waals surface area contributed by atoms with E-state index in [1.807, 2.05) is 0 Å². The average Bonchev–Trinajstić information content (AvgIpc) is 2.26. The number of carbonyl (C=O) groups is 1. The zero-order valence-electron chi connectivity index (χ0n) is 9.24. The first-order valence-corrected chi connectivity index (χ1v) is 5.90. The van der Waals surface area contributed by atoms with Gasteiger partial charge in [-0.1, -0.05) is 18.7 Å². The van der Waals surface area contributed by atoms with Gasteiger partial charge in [0.1, 0.15) is 0 Å². The zero-order chi connectivity index (χ0) is 14.6. The van der Waals surface area contributed by atoms with Crippen molar-refractivity contribution in [2.45, 2.75) is 44.2 Å². The quantitative estimate of drug-likeness (QED) is 0.692. The number of halogens is 7. The number of thioether (sulfide) groups is 1. The highest BCUT2D eigenvalue weighted by Gasteiger charge is 2.60. The van der Waals surface area contributed by atoms with Crippen LogP contribution in [0.15, 0.2) is 0 Å². The molecular weight excluding hydrogens is 289 g/mol. The summed E-state index contributed by atoms with van der Waals surface area (Å²) in [5, 5.41) is -0.405. The topological polar surface area (TPSA) is 17.1 Å². The van der Waals surface area contributed by atoms with Crippen LogP contribution in [0, 0.1) is 0 Å². The molecule has 18 heavy (non-hydrogen) atoms. The summed E-state index contributed by atoms with van der Waals surface area (Å²) in [6, 6.07) is 0. The van der Waals surface area contributed by atoms with E-state index in [0.717, 1.165) is 0 Å². The third-order valence-corrected chi connectivity index (χ3v) is 3.02. The summed E-state index contributed by atoms with van der Waals surface area (Å²) in [5.41, 5.74) is 0. The van der Waals surface area contributed by atoms with E-state index in [9.17, 15) is 35.5 Å². The molecule has 0 aliphatic carbocycles. The van der Waals surface area contributed by atoms with Crippen LogP contribution in [-0.4, -0.2) is 35.3 Å². The molecule has 2 unspecified atom stereocenters. The minimum absolute atomic E-state index is 0.0896. The number of alkyl halides is 7. The SMILES string of the molecule is CCC(=O)SCCC(F)C(F)(F)C(F)C(F)(F)F. The Morgan fingerprint density at radius 2 is 1.67 bits per heavy atom. The fourth-order valence-electron chi connectivity index (χ4n) is 0.948. The zero-order valence-corrected chi connectivity index (χ0v) is 10.1. The van der Waals surface area contributed by atoms with E-state index in [2.05, 4.69) is 0 Å². The van der Waals surface area contributed by atoms with E-state index in [0.29, 0.717) is 11.8 Å². The number of hydrogen-bond donors (Lipinski definition) is 0. The Morgan fingerprint density at radius 1 is 1.17 bits per heavy atom. The molecule has 0 spiro atoms. The molecule has 0 fully saturated rings. The number of carbonyl (C=O) groups excluding carboxylic acids is 1. The summed E-state index contributed by atoms with van der Waals surface area (Å²) >= 11 is 0.524. The van der Waals surface area contributed by atoms with Gasteiger partial charge in [0.2, 0.25) is 0 Å². The molecule has 0 rings (SSSR count). The van der Waals surface area contributed by atoms with Gasteiger partial charge in [0.05, 0.1) is 0 Å². The fraction of sp³-hybridized carbons (Fsp3) is 0.889. The van der Waals surface area contributed by atoms with Crippen molar-refractivity contribution in [1.29, 1.82) is 0 Å². The smallest absolute Gasteiger partial charge is 0.287 e. The van der Waals surface area contributed by atoms with Crippen LogP contribution in [0.5, 0.6) is 0 Å². The molecule has 9 heteroatoms. The largest absolute Gasteiger partial charge is 0.425 e. The van der Waals surface area contributed by atoms with Gasteiger partial charge in [-0.3, -0.25) is 4.79 Å². The first-order chi connectivity index (χ1) is 8.03. The normalized spacial score (nSPS) is 16.4. The minimum atomic E-state index is -5.82. The maximum absolute atomic E-state index is 12.9. The van der Waals surface area contributed by atoms with Crippen molar-refractivity contribution >= 4 is 16.9 Å². The first kappa shape index (κ1) is 17.5. The predicted octanol–water partition coefficient (Wildman–Crippen LogP) is 3.92. The second kappa shape index (κ2) is 6.63. The molecule has 0 aromatic carbocycles. The molecule has 0 aliphatic heterocycles. The van der Waals surface area contributed by atoms with Crippen molar-refractivity contribution in [3.8, 4) is 0 Å². The summed E-state index contributed by atoms with van der Waals surface area (Å²) < 4.78 is 86.0. The van der Waals surface area contributed by atoms with Crippen LogP contribution in [0.2, 0.25) is 0 Å². The van der Waals surface area contributed by atoms with E-state index in [1.54, 1.807) is 0 Å². The van der Waals surface area contributed by atoms with Gasteiger partial charge in [0.15, 0.2) is 11.3 Å². The lowest BCUT2D eigenvalue weighted by atomic mass is 10.1. The molecule has 0 heterocycles. The van der Waals surface area contributed by atoms with Gasteiger partial charge in [-0.15, -0.1) is 0 Å². The van der Waals surface area contributed by atoms with Gasteiger partial charge >= 0.3 is 12.1 Å². The summed E-state index contributed by atoms with van der Waals surface area (Å²) in [5.74, 6) is -5.57. The van der Waals surface area contributed by atoms with Gasteiger partial charge in [-0.25, -0.2) is 8.78 Å². The highest BCUT2D eigenvalue weighted by Crippen LogP contribution is 2.39. The van der Waals surface area contributed by atoms with E-state index in [1.165, 1.54) is 6.92 Å². The molecule has 0 saturated carbocycles. The van der Waals surface area contributed by atoms with Gasteiger partial charge in [-0.2, -0.15) is 22.0 Å². The predicted molar refractivity (Wildman–Crippen MR) is 53.2 cm³/mol. The van der Waals surface area contributed by atoms with Crippen LogP contribution >= 0.6 is 11.8 Å². The van der Waals surface area contributed by atoms with Crippen LogP contribution in [0.3, 0.4) is 0 Å². The van der Waals surface area contributed by atoms with Crippen molar-refractivity contribution in [3.05, 3.63) is 0 Å². The van der Waals surface area contributed by atoms with Crippen molar-refractivity contribution in [2.75, 3.05) is 5.75 Å². The third-order valence-electron chi connectivity index (χ3n) is 1.97. The second-order valence-corrected chi connectivity index (χ2v) is 4.56. The standard InChI is InChI=1S/C9H11F7OS/c1-2-6(17)18-4-3-5(10)8(12,13)7(11)9(14,15)16/h5,7H,2-4H2,1H3. The van der Waals surface area contributed by atoms with Crippen molar-refractivity contribution < 1.29 is 35.5 Å². The Morgan fingerprint density at radius 3 is 2.06 bits per heavy atom. The van der Waals surface area contributed by atoms with Gasteiger partial charge in [0, 0.05) is 12.2 Å². The Labute approximate surface area is 103 Å². The molecule has 2 atom stereocenters. The highest BCUT2D eigenvalue weighted by atomic mass is 32.2. The molecule has 0 bridgehead atoms. The number of rotatable bonds is 6. The average molecular weight is 300 g/mol. The summed E-state index contributed by atoms with van der Waals surface area (Å²) in [4.78, 5) is 10.7. The summed E-state index contributed by atoms with van der Waals surface area (Å²) in [6.07, 6.45) is -14.6. The van der Waals surface area contributed by atoms with Crippen LogP contribution < -0.4 is 0 Å². The molecule has 0 saturated heterocycles. The summed E-state index contributed by atoms with van der Waals surface area (Å²) in [6.45, 7) is 1.48. The highest BCUT2D eigenvalue weighted by molar-refractivity contribution is 8.13. The minimum Gasteiger partial charge on any atom is -0.287 e. The van der Waals surface area contributed by atoms with Crippen LogP contribution in [-0.2, 0) is 4.79 Å². The second-order valence-electron chi connectivity index (χ2n) is 3.41. The monoisotopic (exact) mass is 300 g/mol. The Balaban J connectivity index is 4.39. The maximum atomic E-state index is 12.9. The Hall–Kier alpha value is -0.470. The van der Waals surface area contributed by atoms with Crippen molar-refractivity contribution in [2.24, 2.45) is 0 Å². The number of hydrogen-bond acceptors (Lipinski definition) is 2. The molecule has 0 aromatic heterocycles. The van der Waals surface area contributed by atoms with Gasteiger partial charge < -0.3 is 0 Å². The molecular formula is C9H11F7OS. The lowest BCUT2D eigenvalue weighted by Gasteiger charge is -2.25. The summed E-state index contributed by atoms with van der Waals surface area (Å²) in [7, 11) is 0. The maximum Gasteiger partial charge on any atom is 0.425 e. The third kappa shape index (κ3) is 5.03. The molecule has 1 nitrogen and oxygen atoms in total. The van der Waals surface area contributed by atoms with E-state index in [-0.39, 0.29) is 6.42 Å². The Bertz CT molecular complexity index is 279. The molecule has 0 aromatic rings. The van der Waals surface area contributed by atoms with Crippen LogP contribution in [0.4, 0.5) is 30.7 Å². The van der Waals surface area contributed by atoms with Gasteiger partial charge in [0.25, 0.3) is 6.17 Å². The molecule has 0 N–H and O–H groups in total. The lowest BCUT2D eigenvalue weighted by Crippen LogP contribution is -2.48. The van der Waals surface area contributed by atoms with E-state index >= 15 is 0 Å². The first-order valence-electron chi connectivity index (χ1n) is 4.91. The fourth-order valence-corrected chi connectivity index (χ4v) is 1.70. The van der Waals surface area contributed by atoms with Crippen molar-refractivity contribution in [1.82, 2.24) is 0 Å². The molecule has 108 valence electrons.